The molecule has 0 atom stereocenters. The first-order valence-corrected chi connectivity index (χ1v) is 9.78. The highest BCUT2D eigenvalue weighted by atomic mass is 19.1. The lowest BCUT2D eigenvalue weighted by Gasteiger charge is -2.10. The largest absolute Gasteiger partial charge is 0.497 e. The van der Waals surface area contributed by atoms with E-state index in [-0.39, 0.29) is 12.4 Å². The number of hydrogen-bond acceptors (Lipinski definition) is 5. The van der Waals surface area contributed by atoms with Gasteiger partial charge in [-0.1, -0.05) is 6.07 Å². The Kier molecular flexibility index (Phi) is 4.71. The first kappa shape index (κ1) is 19.0. The average Bonchev–Trinajstić information content (AvgIpc) is 3.21. The van der Waals surface area contributed by atoms with Crippen LogP contribution in [0, 0.1) is 12.7 Å². The molecule has 3 aromatic heterocycles. The average molecular weight is 414 g/mol. The van der Waals surface area contributed by atoms with Gasteiger partial charge in [0.05, 0.1) is 12.6 Å². The van der Waals surface area contributed by atoms with Gasteiger partial charge in [-0.25, -0.2) is 4.39 Å². The highest BCUT2D eigenvalue weighted by molar-refractivity contribution is 5.85. The molecule has 0 spiro atoms. The molecule has 0 aliphatic heterocycles. The highest BCUT2D eigenvalue weighted by Gasteiger charge is 2.11. The zero-order valence-corrected chi connectivity index (χ0v) is 17.0. The lowest BCUT2D eigenvalue weighted by Crippen LogP contribution is -2.02. The van der Waals surface area contributed by atoms with E-state index in [9.17, 15) is 4.39 Å². The Bertz CT molecular complexity index is 1410. The number of pyridine rings is 2. The molecular weight excluding hydrogens is 395 g/mol. The number of aryl methyl sites for hydroxylation is 1. The summed E-state index contributed by atoms with van der Waals surface area (Å²) in [6, 6.07) is 16.4. The third-order valence-corrected chi connectivity index (χ3v) is 5.23. The van der Waals surface area contributed by atoms with Crippen molar-refractivity contribution in [1.29, 1.82) is 0 Å². The fourth-order valence-corrected chi connectivity index (χ4v) is 3.53. The maximum atomic E-state index is 13.6. The van der Waals surface area contributed by atoms with Gasteiger partial charge in [0, 0.05) is 23.8 Å². The zero-order valence-electron chi connectivity index (χ0n) is 17.0. The van der Waals surface area contributed by atoms with Crippen LogP contribution in [0.15, 0.2) is 67.0 Å². The Labute approximate surface area is 177 Å². The van der Waals surface area contributed by atoms with Crippen molar-refractivity contribution in [3.8, 4) is 22.6 Å². The van der Waals surface area contributed by atoms with Gasteiger partial charge in [0.25, 0.3) is 0 Å². The van der Waals surface area contributed by atoms with Crippen LogP contribution < -0.4 is 9.47 Å². The monoisotopic (exact) mass is 414 g/mol. The van der Waals surface area contributed by atoms with E-state index in [1.165, 1.54) is 6.07 Å². The number of rotatable bonds is 5. The van der Waals surface area contributed by atoms with Crippen LogP contribution in [0.25, 0.3) is 27.7 Å². The summed E-state index contributed by atoms with van der Waals surface area (Å²) < 4.78 is 26.9. The Morgan fingerprint density at radius 1 is 0.968 bits per heavy atom. The van der Waals surface area contributed by atoms with Crippen molar-refractivity contribution in [1.82, 2.24) is 19.6 Å². The van der Waals surface area contributed by atoms with Crippen LogP contribution in [0.2, 0.25) is 0 Å². The molecule has 154 valence electrons. The quantitative estimate of drug-likeness (QED) is 0.406. The van der Waals surface area contributed by atoms with E-state index in [1.807, 2.05) is 53.1 Å². The number of nitrogens with zero attached hydrogens (tertiary/aromatic N) is 4. The number of benzene rings is 2. The van der Waals surface area contributed by atoms with E-state index >= 15 is 0 Å². The van der Waals surface area contributed by atoms with Crippen molar-refractivity contribution in [3.05, 3.63) is 84.2 Å². The predicted molar refractivity (Wildman–Crippen MR) is 116 cm³/mol. The van der Waals surface area contributed by atoms with Crippen LogP contribution in [-0.2, 0) is 6.61 Å². The Morgan fingerprint density at radius 3 is 2.68 bits per heavy atom. The van der Waals surface area contributed by atoms with E-state index in [4.69, 9.17) is 9.47 Å². The van der Waals surface area contributed by atoms with E-state index in [1.54, 1.807) is 26.3 Å². The van der Waals surface area contributed by atoms with Gasteiger partial charge in [0.15, 0.2) is 11.5 Å². The topological polar surface area (TPSA) is 61.5 Å². The first-order valence-electron chi connectivity index (χ1n) is 9.78. The van der Waals surface area contributed by atoms with Gasteiger partial charge in [-0.05, 0) is 66.1 Å². The van der Waals surface area contributed by atoms with Crippen molar-refractivity contribution < 1.29 is 13.9 Å². The molecule has 0 fully saturated rings. The van der Waals surface area contributed by atoms with E-state index in [2.05, 4.69) is 15.2 Å². The molecule has 0 unspecified atom stereocenters. The summed E-state index contributed by atoms with van der Waals surface area (Å²) in [5.74, 6) is 1.89. The van der Waals surface area contributed by atoms with Crippen LogP contribution in [0.1, 0.15) is 11.4 Å². The molecule has 0 saturated carbocycles. The fraction of sp³-hybridized carbons (Fsp3) is 0.125. The summed E-state index contributed by atoms with van der Waals surface area (Å²) in [6.07, 6.45) is 3.64. The van der Waals surface area contributed by atoms with Crippen molar-refractivity contribution in [3.63, 3.8) is 0 Å². The minimum Gasteiger partial charge on any atom is -0.497 e. The normalized spacial score (nSPS) is 11.2. The van der Waals surface area contributed by atoms with Gasteiger partial charge >= 0.3 is 0 Å². The lowest BCUT2D eigenvalue weighted by atomic mass is 10.1. The molecular formula is C24H19FN4O2. The number of ether oxygens (including phenoxy) is 2. The van der Waals surface area contributed by atoms with Crippen molar-refractivity contribution in [2.45, 2.75) is 13.5 Å². The summed E-state index contributed by atoms with van der Waals surface area (Å²) in [5.41, 5.74) is 3.97. The number of methoxy groups -OCH3 is 1. The first-order chi connectivity index (χ1) is 15.1. The molecule has 0 saturated heterocycles. The van der Waals surface area contributed by atoms with Gasteiger partial charge in [0.2, 0.25) is 0 Å². The SMILES string of the molecule is COc1ccc2c(OCc3nnc4ccc(-c5ccc(F)c(C)c5)cn34)ccnc2c1. The molecule has 7 heteroatoms. The molecule has 0 amide bonds. The van der Waals surface area contributed by atoms with Crippen LogP contribution in [0.4, 0.5) is 4.39 Å². The third kappa shape index (κ3) is 3.54. The Hall–Kier alpha value is -4.00. The van der Waals surface area contributed by atoms with E-state index in [0.717, 1.165) is 27.8 Å². The number of halogens is 1. The maximum absolute atomic E-state index is 13.6. The van der Waals surface area contributed by atoms with Gasteiger partial charge in [0.1, 0.15) is 23.9 Å². The smallest absolute Gasteiger partial charge is 0.175 e. The molecule has 31 heavy (non-hydrogen) atoms. The summed E-state index contributed by atoms with van der Waals surface area (Å²) in [4.78, 5) is 4.38. The van der Waals surface area contributed by atoms with Crippen LogP contribution in [0.5, 0.6) is 11.5 Å². The van der Waals surface area contributed by atoms with Gasteiger partial charge in [-0.3, -0.25) is 9.38 Å². The van der Waals surface area contributed by atoms with Gasteiger partial charge in [-0.15, -0.1) is 10.2 Å². The Balaban J connectivity index is 1.46. The standard InChI is InChI=1S/C24H19FN4O2/c1-15-11-16(3-7-20(15)25)17-4-8-23-27-28-24(29(23)13-17)14-31-22-9-10-26-21-12-18(30-2)5-6-19(21)22/h3-13H,14H2,1-2H3. The molecule has 0 bridgehead atoms. The van der Waals surface area contributed by atoms with E-state index < -0.39 is 0 Å². The van der Waals surface area contributed by atoms with Crippen LogP contribution >= 0.6 is 0 Å². The number of aromatic nitrogens is 4. The van der Waals surface area contributed by atoms with Crippen LogP contribution in [-0.4, -0.2) is 26.7 Å². The molecule has 0 N–H and O–H groups in total. The number of hydrogen-bond donors (Lipinski definition) is 0. The summed E-state index contributed by atoms with van der Waals surface area (Å²) in [7, 11) is 1.62. The molecule has 6 nitrogen and oxygen atoms in total. The summed E-state index contributed by atoms with van der Waals surface area (Å²) >= 11 is 0. The fourth-order valence-electron chi connectivity index (χ4n) is 3.53. The van der Waals surface area contributed by atoms with Crippen molar-refractivity contribution in [2.24, 2.45) is 0 Å². The van der Waals surface area contributed by atoms with E-state index in [0.29, 0.717) is 22.8 Å². The lowest BCUT2D eigenvalue weighted by molar-refractivity contribution is 0.298. The minimum absolute atomic E-state index is 0.217. The van der Waals surface area contributed by atoms with Crippen molar-refractivity contribution in [2.75, 3.05) is 7.11 Å². The maximum Gasteiger partial charge on any atom is 0.175 e. The number of fused-ring (bicyclic) bond motifs is 2. The molecule has 3 heterocycles. The molecule has 5 rings (SSSR count). The molecule has 0 aliphatic carbocycles. The van der Waals surface area contributed by atoms with Gasteiger partial charge < -0.3 is 9.47 Å². The van der Waals surface area contributed by atoms with Gasteiger partial charge in [-0.2, -0.15) is 0 Å². The zero-order chi connectivity index (χ0) is 21.4. The second-order valence-corrected chi connectivity index (χ2v) is 7.21. The highest BCUT2D eigenvalue weighted by Crippen LogP contribution is 2.28. The second kappa shape index (κ2) is 7.68. The minimum atomic E-state index is -0.217. The second-order valence-electron chi connectivity index (χ2n) is 7.21. The molecule has 2 aromatic carbocycles. The van der Waals surface area contributed by atoms with Crippen molar-refractivity contribution >= 4 is 16.6 Å². The predicted octanol–water partition coefficient (Wildman–Crippen LogP) is 4.98. The summed E-state index contributed by atoms with van der Waals surface area (Å²) in [5, 5.41) is 9.39. The molecule has 5 aromatic rings. The molecule has 0 aliphatic rings. The summed E-state index contributed by atoms with van der Waals surface area (Å²) in [6.45, 7) is 1.99. The molecule has 0 radical (unpaired) electrons. The Morgan fingerprint density at radius 2 is 1.84 bits per heavy atom. The third-order valence-electron chi connectivity index (χ3n) is 5.23. The van der Waals surface area contributed by atoms with Crippen LogP contribution in [0.3, 0.4) is 0 Å².